The number of H-pyrrole nitrogens is 1. The van der Waals surface area contributed by atoms with Gasteiger partial charge < -0.3 is 20.4 Å². The third-order valence-corrected chi connectivity index (χ3v) is 4.23. The van der Waals surface area contributed by atoms with Crippen LogP contribution in [0.1, 0.15) is 32.1 Å². The molecule has 2 aromatic rings. The Hall–Kier alpha value is -2.08. The van der Waals surface area contributed by atoms with Gasteiger partial charge in [0.2, 0.25) is 0 Å². The van der Waals surface area contributed by atoms with E-state index in [1.807, 2.05) is 24.3 Å². The number of imidazole rings is 1. The van der Waals surface area contributed by atoms with Gasteiger partial charge in [0.05, 0.1) is 23.7 Å². The molecule has 1 aromatic heterocycles. The average molecular weight is 316 g/mol. The van der Waals surface area contributed by atoms with Crippen LogP contribution in [0.2, 0.25) is 0 Å². The smallest absolute Gasteiger partial charge is 0.315 e. The summed E-state index contributed by atoms with van der Waals surface area (Å²) in [7, 11) is 0. The monoisotopic (exact) mass is 316 g/mol. The number of urea groups is 1. The molecule has 0 spiro atoms. The lowest BCUT2D eigenvalue weighted by Crippen LogP contribution is -2.42. The molecule has 23 heavy (non-hydrogen) atoms. The van der Waals surface area contributed by atoms with E-state index in [0.29, 0.717) is 12.5 Å². The summed E-state index contributed by atoms with van der Waals surface area (Å²) in [5.74, 6) is 1.45. The topological polar surface area (TPSA) is 79.0 Å². The van der Waals surface area contributed by atoms with Crippen LogP contribution in [0.15, 0.2) is 24.3 Å². The number of ether oxygens (including phenoxy) is 1. The minimum atomic E-state index is -0.156. The molecule has 2 atom stereocenters. The summed E-state index contributed by atoms with van der Waals surface area (Å²) in [5, 5.41) is 5.97. The van der Waals surface area contributed by atoms with Crippen LogP contribution in [0.25, 0.3) is 11.0 Å². The first-order valence-corrected chi connectivity index (χ1v) is 8.20. The van der Waals surface area contributed by atoms with Crippen molar-refractivity contribution in [1.29, 1.82) is 0 Å². The van der Waals surface area contributed by atoms with E-state index in [1.54, 1.807) is 0 Å². The normalized spacial score (nSPS) is 19.2. The molecule has 3 rings (SSSR count). The molecule has 124 valence electrons. The number of rotatable bonds is 5. The predicted molar refractivity (Wildman–Crippen MR) is 89.1 cm³/mol. The maximum absolute atomic E-state index is 12.2. The van der Waals surface area contributed by atoms with Crippen LogP contribution < -0.4 is 10.6 Å². The van der Waals surface area contributed by atoms with Crippen LogP contribution in [0, 0.1) is 11.8 Å². The minimum absolute atomic E-state index is 0.151. The van der Waals surface area contributed by atoms with E-state index in [4.69, 9.17) is 4.74 Å². The lowest BCUT2D eigenvalue weighted by atomic mass is 10.0. The summed E-state index contributed by atoms with van der Waals surface area (Å²) >= 11 is 0. The van der Waals surface area contributed by atoms with Crippen LogP contribution in [0.3, 0.4) is 0 Å². The van der Waals surface area contributed by atoms with Crippen LogP contribution in [0.5, 0.6) is 0 Å². The molecule has 3 N–H and O–H groups in total. The van der Waals surface area contributed by atoms with E-state index < -0.39 is 0 Å². The molecule has 1 fully saturated rings. The summed E-state index contributed by atoms with van der Waals surface area (Å²) in [6.07, 6.45) is 1.01. The van der Waals surface area contributed by atoms with Gasteiger partial charge in [-0.3, -0.25) is 0 Å². The Bertz CT molecular complexity index is 628. The highest BCUT2D eigenvalue weighted by Gasteiger charge is 2.22. The van der Waals surface area contributed by atoms with Crippen LogP contribution in [-0.4, -0.2) is 35.8 Å². The summed E-state index contributed by atoms with van der Waals surface area (Å²) in [4.78, 5) is 20.1. The minimum Gasteiger partial charge on any atom is -0.381 e. The van der Waals surface area contributed by atoms with Gasteiger partial charge in [0.1, 0.15) is 5.82 Å². The highest BCUT2D eigenvalue weighted by molar-refractivity contribution is 5.76. The van der Waals surface area contributed by atoms with Gasteiger partial charge in [-0.25, -0.2) is 9.78 Å². The maximum atomic E-state index is 12.2. The summed E-state index contributed by atoms with van der Waals surface area (Å²) < 4.78 is 5.32. The molecule has 2 amide bonds. The lowest BCUT2D eigenvalue weighted by Gasteiger charge is -2.21. The van der Waals surface area contributed by atoms with Crippen molar-refractivity contribution in [3.8, 4) is 0 Å². The van der Waals surface area contributed by atoms with Crippen molar-refractivity contribution in [2.24, 2.45) is 11.8 Å². The molecule has 1 saturated heterocycles. The van der Waals surface area contributed by atoms with Gasteiger partial charge in [-0.15, -0.1) is 0 Å². The molecule has 0 unspecified atom stereocenters. The van der Waals surface area contributed by atoms with Gasteiger partial charge in [0.15, 0.2) is 0 Å². The van der Waals surface area contributed by atoms with Gasteiger partial charge in [-0.05, 0) is 24.5 Å². The molecule has 1 aromatic carbocycles. The number of carbonyl (C=O) groups is 1. The van der Waals surface area contributed by atoms with Crippen molar-refractivity contribution in [3.05, 3.63) is 30.1 Å². The third-order valence-electron chi connectivity index (χ3n) is 4.23. The second kappa shape index (κ2) is 7.00. The maximum Gasteiger partial charge on any atom is 0.315 e. The van der Waals surface area contributed by atoms with Crippen LogP contribution in [-0.2, 0) is 4.74 Å². The van der Waals surface area contributed by atoms with Gasteiger partial charge in [-0.2, -0.15) is 0 Å². The van der Waals surface area contributed by atoms with Crippen molar-refractivity contribution >= 4 is 17.1 Å². The standard InChI is InChI=1S/C17H24N4O2/c1-11(2)15(16-19-13-5-3-4-6-14(13)20-16)21-17(22)18-9-12-7-8-23-10-12/h3-6,11-12,15H,7-10H2,1-2H3,(H,19,20)(H2,18,21,22)/t12-,15+/m0/s1. The number of benzene rings is 1. The fourth-order valence-corrected chi connectivity index (χ4v) is 2.84. The number of aromatic amines is 1. The number of amides is 2. The van der Waals surface area contributed by atoms with Gasteiger partial charge in [0, 0.05) is 19.1 Å². The Morgan fingerprint density at radius 2 is 2.26 bits per heavy atom. The van der Waals surface area contributed by atoms with Crippen LogP contribution in [0.4, 0.5) is 4.79 Å². The number of carbonyl (C=O) groups excluding carboxylic acids is 1. The van der Waals surface area contributed by atoms with E-state index in [0.717, 1.165) is 36.5 Å². The molecule has 6 nitrogen and oxygen atoms in total. The Balaban J connectivity index is 1.64. The molecule has 0 radical (unpaired) electrons. The van der Waals surface area contributed by atoms with E-state index in [9.17, 15) is 4.79 Å². The molecule has 1 aliphatic rings. The Morgan fingerprint density at radius 3 is 2.96 bits per heavy atom. The molecule has 0 bridgehead atoms. The Morgan fingerprint density at radius 1 is 1.43 bits per heavy atom. The quantitative estimate of drug-likeness (QED) is 0.793. The van der Waals surface area contributed by atoms with Gasteiger partial charge in [0.25, 0.3) is 0 Å². The Kier molecular flexibility index (Phi) is 4.81. The van der Waals surface area contributed by atoms with E-state index >= 15 is 0 Å². The molecule has 1 aliphatic heterocycles. The fraction of sp³-hybridized carbons (Fsp3) is 0.529. The molecule has 2 heterocycles. The summed E-state index contributed by atoms with van der Waals surface area (Å²) in [5.41, 5.74) is 1.90. The highest BCUT2D eigenvalue weighted by Crippen LogP contribution is 2.22. The SMILES string of the molecule is CC(C)[C@@H](NC(=O)NC[C@@H]1CCOC1)c1nc2ccccc2[nH]1. The molecule has 0 aliphatic carbocycles. The van der Waals surface area contributed by atoms with E-state index in [2.05, 4.69) is 34.4 Å². The number of nitrogens with zero attached hydrogens (tertiary/aromatic N) is 1. The Labute approximate surface area is 136 Å². The average Bonchev–Trinajstić information content (AvgIpc) is 3.19. The van der Waals surface area contributed by atoms with Crippen molar-refractivity contribution in [2.45, 2.75) is 26.3 Å². The lowest BCUT2D eigenvalue weighted by molar-refractivity contribution is 0.184. The number of fused-ring (bicyclic) bond motifs is 1. The largest absolute Gasteiger partial charge is 0.381 e. The molecule has 6 heteroatoms. The van der Waals surface area contributed by atoms with E-state index in [-0.39, 0.29) is 18.0 Å². The van der Waals surface area contributed by atoms with Gasteiger partial charge >= 0.3 is 6.03 Å². The predicted octanol–water partition coefficient (Wildman–Crippen LogP) is 2.60. The fourth-order valence-electron chi connectivity index (χ4n) is 2.84. The number of hydrogen-bond acceptors (Lipinski definition) is 3. The number of nitrogens with one attached hydrogen (secondary N) is 3. The zero-order valence-corrected chi connectivity index (χ0v) is 13.6. The molecular formula is C17H24N4O2. The zero-order valence-electron chi connectivity index (χ0n) is 13.6. The van der Waals surface area contributed by atoms with Crippen molar-refractivity contribution in [3.63, 3.8) is 0 Å². The summed E-state index contributed by atoms with van der Waals surface area (Å²) in [6, 6.07) is 7.58. The van der Waals surface area contributed by atoms with Crippen molar-refractivity contribution in [1.82, 2.24) is 20.6 Å². The first-order valence-electron chi connectivity index (χ1n) is 8.20. The van der Waals surface area contributed by atoms with Crippen molar-refractivity contribution in [2.75, 3.05) is 19.8 Å². The third kappa shape index (κ3) is 3.82. The van der Waals surface area contributed by atoms with Gasteiger partial charge in [-0.1, -0.05) is 26.0 Å². The number of hydrogen-bond donors (Lipinski definition) is 3. The van der Waals surface area contributed by atoms with Crippen molar-refractivity contribution < 1.29 is 9.53 Å². The highest BCUT2D eigenvalue weighted by atomic mass is 16.5. The number of aromatic nitrogens is 2. The molecular weight excluding hydrogens is 292 g/mol. The summed E-state index contributed by atoms with van der Waals surface area (Å²) in [6.45, 7) is 6.32. The van der Waals surface area contributed by atoms with E-state index in [1.165, 1.54) is 0 Å². The molecule has 0 saturated carbocycles. The first-order chi connectivity index (χ1) is 11.1. The number of para-hydroxylation sites is 2. The second-order valence-electron chi connectivity index (χ2n) is 6.44. The second-order valence-corrected chi connectivity index (χ2v) is 6.44. The van der Waals surface area contributed by atoms with Crippen LogP contribution >= 0.6 is 0 Å². The first kappa shape index (κ1) is 15.8. The zero-order chi connectivity index (χ0) is 16.2.